The maximum absolute atomic E-state index is 12.1. The molecular formula is C16H25ClN2O4. The zero-order valence-corrected chi connectivity index (χ0v) is 14.2. The van der Waals surface area contributed by atoms with Gasteiger partial charge in [-0.25, -0.2) is 0 Å². The van der Waals surface area contributed by atoms with Gasteiger partial charge in [0.2, 0.25) is 0 Å². The minimum absolute atomic E-state index is 0. The lowest BCUT2D eigenvalue weighted by Crippen LogP contribution is -2.45. The number of halogens is 1. The van der Waals surface area contributed by atoms with Crippen molar-refractivity contribution in [2.24, 2.45) is 0 Å². The molecule has 1 amide bonds. The molecule has 1 heterocycles. The number of hydrogen-bond acceptors (Lipinski definition) is 5. The van der Waals surface area contributed by atoms with E-state index in [4.69, 9.17) is 14.2 Å². The van der Waals surface area contributed by atoms with Crippen molar-refractivity contribution in [2.45, 2.75) is 19.6 Å². The maximum atomic E-state index is 12.1. The number of ether oxygens (including phenoxy) is 3. The van der Waals surface area contributed by atoms with Crippen molar-refractivity contribution in [2.75, 3.05) is 44.8 Å². The predicted octanol–water partition coefficient (Wildman–Crippen LogP) is 1.59. The number of rotatable bonds is 8. The number of carbonyl (C=O) groups is 1. The highest BCUT2D eigenvalue weighted by Gasteiger charge is 2.21. The van der Waals surface area contributed by atoms with E-state index in [1.807, 2.05) is 31.2 Å². The quantitative estimate of drug-likeness (QED) is 0.701. The second kappa shape index (κ2) is 11.4. The molecule has 1 aliphatic rings. The Balaban J connectivity index is 0.00000264. The fraction of sp³-hybridized carbons (Fsp3) is 0.562. The molecule has 1 unspecified atom stereocenters. The normalized spacial score (nSPS) is 17.3. The summed E-state index contributed by atoms with van der Waals surface area (Å²) in [5.74, 6) is -0.124. The van der Waals surface area contributed by atoms with Gasteiger partial charge in [-0.2, -0.15) is 0 Å². The van der Waals surface area contributed by atoms with Crippen LogP contribution in [0.1, 0.15) is 12.5 Å². The lowest BCUT2D eigenvalue weighted by atomic mass is 10.2. The summed E-state index contributed by atoms with van der Waals surface area (Å²) in [7, 11) is 0. The van der Waals surface area contributed by atoms with Gasteiger partial charge in [-0.1, -0.05) is 12.1 Å². The van der Waals surface area contributed by atoms with Crippen molar-refractivity contribution in [3.63, 3.8) is 0 Å². The molecule has 23 heavy (non-hydrogen) atoms. The smallest absolute Gasteiger partial charge is 0.254 e. The van der Waals surface area contributed by atoms with Gasteiger partial charge in [0.15, 0.2) is 0 Å². The number of nitrogens with one attached hydrogen (secondary N) is 2. The van der Waals surface area contributed by atoms with Gasteiger partial charge in [0.1, 0.15) is 6.10 Å². The predicted molar refractivity (Wildman–Crippen MR) is 91.1 cm³/mol. The molecule has 1 fully saturated rings. The van der Waals surface area contributed by atoms with Crippen molar-refractivity contribution in [3.8, 4) is 0 Å². The topological polar surface area (TPSA) is 68.8 Å². The molecule has 0 aromatic heterocycles. The molecule has 130 valence electrons. The molecule has 6 nitrogen and oxygen atoms in total. The van der Waals surface area contributed by atoms with Crippen LogP contribution in [0.3, 0.4) is 0 Å². The van der Waals surface area contributed by atoms with Gasteiger partial charge >= 0.3 is 0 Å². The summed E-state index contributed by atoms with van der Waals surface area (Å²) in [5.41, 5.74) is 1.77. The maximum Gasteiger partial charge on any atom is 0.254 e. The first-order chi connectivity index (χ1) is 10.8. The molecular weight excluding hydrogens is 320 g/mol. The van der Waals surface area contributed by atoms with Crippen LogP contribution >= 0.6 is 12.4 Å². The molecule has 7 heteroatoms. The fourth-order valence-electron chi connectivity index (χ4n) is 2.15. The number of amides is 1. The van der Waals surface area contributed by atoms with Crippen molar-refractivity contribution < 1.29 is 19.0 Å². The molecule has 0 spiro atoms. The van der Waals surface area contributed by atoms with Gasteiger partial charge in [0.05, 0.1) is 26.4 Å². The van der Waals surface area contributed by atoms with E-state index in [-0.39, 0.29) is 18.3 Å². The van der Waals surface area contributed by atoms with E-state index in [9.17, 15) is 4.79 Å². The van der Waals surface area contributed by atoms with Crippen LogP contribution in [-0.4, -0.2) is 51.5 Å². The Labute approximate surface area is 143 Å². The van der Waals surface area contributed by atoms with E-state index in [0.29, 0.717) is 39.6 Å². The highest BCUT2D eigenvalue weighted by atomic mass is 35.5. The summed E-state index contributed by atoms with van der Waals surface area (Å²) in [6, 6.07) is 7.64. The number of benzene rings is 1. The summed E-state index contributed by atoms with van der Waals surface area (Å²) in [4.78, 5) is 12.1. The molecule has 1 aliphatic heterocycles. The first kappa shape index (κ1) is 19.9. The molecule has 0 radical (unpaired) electrons. The summed E-state index contributed by atoms with van der Waals surface area (Å²) in [6.45, 7) is 6.21. The molecule has 0 bridgehead atoms. The van der Waals surface area contributed by atoms with E-state index in [2.05, 4.69) is 10.6 Å². The van der Waals surface area contributed by atoms with Crippen molar-refractivity contribution in [3.05, 3.63) is 29.8 Å². The lowest BCUT2D eigenvalue weighted by Gasteiger charge is -2.22. The highest BCUT2D eigenvalue weighted by Crippen LogP contribution is 2.12. The van der Waals surface area contributed by atoms with Crippen molar-refractivity contribution in [1.29, 1.82) is 0 Å². The summed E-state index contributed by atoms with van der Waals surface area (Å²) >= 11 is 0. The fourth-order valence-corrected chi connectivity index (χ4v) is 2.15. The zero-order valence-electron chi connectivity index (χ0n) is 13.4. The number of hydrogen-bond donors (Lipinski definition) is 2. The number of morpholine rings is 1. The van der Waals surface area contributed by atoms with Crippen molar-refractivity contribution >= 4 is 24.0 Å². The Hall–Kier alpha value is -1.18. The van der Waals surface area contributed by atoms with E-state index in [0.717, 1.165) is 17.8 Å². The van der Waals surface area contributed by atoms with Gasteiger partial charge in [-0.3, -0.25) is 4.79 Å². The van der Waals surface area contributed by atoms with Crippen LogP contribution in [-0.2, 0) is 25.6 Å². The third-order valence-electron chi connectivity index (χ3n) is 3.26. The third-order valence-corrected chi connectivity index (χ3v) is 3.26. The number of carbonyl (C=O) groups excluding carboxylic acids is 1. The largest absolute Gasteiger partial charge is 0.379 e. The Kier molecular flexibility index (Phi) is 9.82. The summed E-state index contributed by atoms with van der Waals surface area (Å²) in [5, 5.41) is 6.02. The molecule has 2 N–H and O–H groups in total. The Morgan fingerprint density at radius 1 is 1.39 bits per heavy atom. The zero-order chi connectivity index (χ0) is 15.6. The minimum Gasteiger partial charge on any atom is -0.379 e. The van der Waals surface area contributed by atoms with Gasteiger partial charge in [-0.05, 0) is 24.6 Å². The van der Waals surface area contributed by atoms with Gasteiger partial charge in [0, 0.05) is 25.4 Å². The van der Waals surface area contributed by atoms with Crippen LogP contribution in [0, 0.1) is 0 Å². The Bertz CT molecular complexity index is 467. The molecule has 1 atom stereocenters. The van der Waals surface area contributed by atoms with Crippen LogP contribution < -0.4 is 10.6 Å². The second-order valence-corrected chi connectivity index (χ2v) is 5.00. The third kappa shape index (κ3) is 7.28. The van der Waals surface area contributed by atoms with Crippen LogP contribution in [0.4, 0.5) is 5.69 Å². The first-order valence-corrected chi connectivity index (χ1v) is 7.67. The average molecular weight is 345 g/mol. The number of anilines is 1. The van der Waals surface area contributed by atoms with Gasteiger partial charge in [0.25, 0.3) is 5.91 Å². The SMILES string of the molecule is CCOCCOCc1cccc(NC(=O)C2CNCCO2)c1.Cl. The van der Waals surface area contributed by atoms with Gasteiger partial charge < -0.3 is 24.8 Å². The van der Waals surface area contributed by atoms with E-state index >= 15 is 0 Å². The molecule has 1 aromatic rings. The summed E-state index contributed by atoms with van der Waals surface area (Å²) < 4.78 is 16.2. The summed E-state index contributed by atoms with van der Waals surface area (Å²) in [6.07, 6.45) is -0.431. The molecule has 1 aromatic carbocycles. The van der Waals surface area contributed by atoms with E-state index in [1.54, 1.807) is 0 Å². The second-order valence-electron chi connectivity index (χ2n) is 5.00. The molecule has 0 saturated carbocycles. The lowest BCUT2D eigenvalue weighted by molar-refractivity contribution is -0.128. The Morgan fingerprint density at radius 2 is 2.22 bits per heavy atom. The average Bonchev–Trinajstić information content (AvgIpc) is 2.56. The first-order valence-electron chi connectivity index (χ1n) is 7.67. The standard InChI is InChI=1S/C16H24N2O4.ClH/c1-2-20-8-9-21-12-13-4-3-5-14(10-13)18-16(19)15-11-17-6-7-22-15;/h3-5,10,15,17H,2,6-9,11-12H2,1H3,(H,18,19);1H. The van der Waals surface area contributed by atoms with Crippen molar-refractivity contribution in [1.82, 2.24) is 5.32 Å². The van der Waals surface area contributed by atoms with Crippen LogP contribution in [0.15, 0.2) is 24.3 Å². The monoisotopic (exact) mass is 344 g/mol. The Morgan fingerprint density at radius 3 is 2.96 bits per heavy atom. The van der Waals surface area contributed by atoms with E-state index in [1.165, 1.54) is 0 Å². The highest BCUT2D eigenvalue weighted by molar-refractivity contribution is 5.94. The molecule has 2 rings (SSSR count). The van der Waals surface area contributed by atoms with Crippen LogP contribution in [0.25, 0.3) is 0 Å². The minimum atomic E-state index is -0.431. The van der Waals surface area contributed by atoms with Crippen LogP contribution in [0.2, 0.25) is 0 Å². The molecule has 0 aliphatic carbocycles. The van der Waals surface area contributed by atoms with Crippen LogP contribution in [0.5, 0.6) is 0 Å². The molecule has 1 saturated heterocycles. The van der Waals surface area contributed by atoms with Gasteiger partial charge in [-0.15, -0.1) is 12.4 Å². The van der Waals surface area contributed by atoms with E-state index < -0.39 is 6.10 Å².